The summed E-state index contributed by atoms with van der Waals surface area (Å²) in [7, 11) is 0. The summed E-state index contributed by atoms with van der Waals surface area (Å²) in [4.78, 5) is 10.9. The molecule has 84 valence electrons. The highest BCUT2D eigenvalue weighted by Crippen LogP contribution is 2.46. The monoisotopic (exact) mass is 208 g/mol. The smallest absolute Gasteiger partial charge is 0.192 e. The zero-order valence-corrected chi connectivity index (χ0v) is 9.52. The van der Waals surface area contributed by atoms with Crippen LogP contribution in [0.2, 0.25) is 0 Å². The van der Waals surface area contributed by atoms with Crippen LogP contribution in [0.15, 0.2) is 0 Å². The van der Waals surface area contributed by atoms with Gasteiger partial charge in [-0.05, 0) is 6.42 Å². The molecule has 0 aromatic carbocycles. The first-order chi connectivity index (χ1) is 7.37. The van der Waals surface area contributed by atoms with E-state index in [9.17, 15) is 0 Å². The van der Waals surface area contributed by atoms with E-state index in [4.69, 9.17) is 0 Å². The fraction of sp³-hybridized carbons (Fsp3) is 1.00. The first-order valence-corrected chi connectivity index (χ1v) is 6.39. The quantitative estimate of drug-likeness (QED) is 0.583. The molecule has 15 heavy (non-hydrogen) atoms. The first-order valence-electron chi connectivity index (χ1n) is 6.39. The molecule has 0 N–H and O–H groups in total. The third-order valence-corrected chi connectivity index (χ3v) is 4.89. The maximum absolute atomic E-state index is 2.77. The molecule has 4 saturated heterocycles. The van der Waals surface area contributed by atoms with Crippen molar-refractivity contribution in [3.05, 3.63) is 0 Å². The van der Waals surface area contributed by atoms with Crippen molar-refractivity contribution in [2.45, 2.75) is 25.3 Å². The van der Waals surface area contributed by atoms with Crippen molar-refractivity contribution in [3.8, 4) is 0 Å². The average Bonchev–Trinajstić information content (AvgIpc) is 2.85. The Labute approximate surface area is 91.4 Å². The molecule has 2 atom stereocenters. The van der Waals surface area contributed by atoms with E-state index in [1.807, 2.05) is 0 Å². The molecule has 2 unspecified atom stereocenters. The molecule has 0 aliphatic carbocycles. The molecule has 4 rings (SSSR count). The van der Waals surface area contributed by atoms with Gasteiger partial charge in [0.15, 0.2) is 5.91 Å². The van der Waals surface area contributed by atoms with Crippen molar-refractivity contribution >= 4 is 0 Å². The largest absolute Gasteiger partial charge is 0.257 e. The number of hydrogen-bond donors (Lipinski definition) is 0. The van der Waals surface area contributed by atoms with Gasteiger partial charge in [-0.15, -0.1) is 0 Å². The van der Waals surface area contributed by atoms with Gasteiger partial charge >= 0.3 is 0 Å². The normalized spacial score (nSPS) is 46.6. The zero-order valence-electron chi connectivity index (χ0n) is 9.52. The maximum Gasteiger partial charge on any atom is 0.192 e. The van der Waals surface area contributed by atoms with Crippen molar-refractivity contribution in [3.63, 3.8) is 0 Å². The third kappa shape index (κ3) is 0.813. The Kier molecular flexibility index (Phi) is 1.63. The Morgan fingerprint density at radius 3 is 2.20 bits per heavy atom. The highest BCUT2D eigenvalue weighted by atomic mass is 15.8. The predicted molar refractivity (Wildman–Crippen MR) is 58.2 cm³/mol. The maximum atomic E-state index is 2.77. The van der Waals surface area contributed by atoms with Crippen LogP contribution in [-0.4, -0.2) is 77.4 Å². The van der Waals surface area contributed by atoms with E-state index in [2.05, 4.69) is 26.5 Å². The van der Waals surface area contributed by atoms with E-state index in [-0.39, 0.29) is 5.91 Å². The molecule has 0 saturated carbocycles. The third-order valence-electron chi connectivity index (χ3n) is 4.89. The minimum absolute atomic E-state index is 0.251. The SMILES string of the molecule is CCC1CN2CCN3CCN4CCN1C342. The summed E-state index contributed by atoms with van der Waals surface area (Å²) in [6.45, 7) is 11.3. The second-order valence-electron chi connectivity index (χ2n) is 5.28. The van der Waals surface area contributed by atoms with Crippen LogP contribution in [0.4, 0.5) is 0 Å². The van der Waals surface area contributed by atoms with E-state index in [1.54, 1.807) is 0 Å². The van der Waals surface area contributed by atoms with E-state index < -0.39 is 0 Å². The van der Waals surface area contributed by atoms with Crippen molar-refractivity contribution < 1.29 is 0 Å². The van der Waals surface area contributed by atoms with Crippen LogP contribution in [0.1, 0.15) is 13.3 Å². The van der Waals surface area contributed by atoms with Crippen LogP contribution >= 0.6 is 0 Å². The van der Waals surface area contributed by atoms with Crippen molar-refractivity contribution in [1.82, 2.24) is 19.6 Å². The minimum atomic E-state index is 0.251. The number of rotatable bonds is 1. The Balaban J connectivity index is 1.80. The Hall–Kier alpha value is -0.160. The molecule has 4 aliphatic rings. The molecule has 4 fully saturated rings. The van der Waals surface area contributed by atoms with Crippen LogP contribution in [0, 0.1) is 0 Å². The van der Waals surface area contributed by atoms with Gasteiger partial charge in [-0.1, -0.05) is 6.92 Å². The van der Waals surface area contributed by atoms with Crippen LogP contribution in [0.5, 0.6) is 0 Å². The molecule has 0 aromatic heterocycles. The van der Waals surface area contributed by atoms with Gasteiger partial charge in [0.2, 0.25) is 0 Å². The van der Waals surface area contributed by atoms with E-state index in [1.165, 1.54) is 52.2 Å². The Morgan fingerprint density at radius 1 is 0.933 bits per heavy atom. The van der Waals surface area contributed by atoms with Gasteiger partial charge in [-0.3, -0.25) is 19.6 Å². The summed E-state index contributed by atoms with van der Waals surface area (Å²) in [5, 5.41) is 0. The molecule has 4 heteroatoms. The summed E-state index contributed by atoms with van der Waals surface area (Å²) in [6, 6.07) is 0.802. The van der Waals surface area contributed by atoms with Gasteiger partial charge in [0.1, 0.15) is 0 Å². The van der Waals surface area contributed by atoms with Gasteiger partial charge in [0, 0.05) is 51.9 Å². The summed E-state index contributed by atoms with van der Waals surface area (Å²) in [5.41, 5.74) is 0. The number of nitrogens with zero attached hydrogens (tertiary/aromatic N) is 4. The fourth-order valence-corrected chi connectivity index (χ4v) is 4.32. The van der Waals surface area contributed by atoms with Gasteiger partial charge in [-0.25, -0.2) is 0 Å². The lowest BCUT2D eigenvalue weighted by Gasteiger charge is -2.40. The van der Waals surface area contributed by atoms with Gasteiger partial charge in [0.05, 0.1) is 0 Å². The topological polar surface area (TPSA) is 13.0 Å². The number of hydrogen-bond acceptors (Lipinski definition) is 4. The van der Waals surface area contributed by atoms with Gasteiger partial charge < -0.3 is 0 Å². The molecule has 4 nitrogen and oxygen atoms in total. The van der Waals surface area contributed by atoms with Crippen molar-refractivity contribution in [2.24, 2.45) is 0 Å². The van der Waals surface area contributed by atoms with Gasteiger partial charge in [-0.2, -0.15) is 0 Å². The van der Waals surface area contributed by atoms with Crippen LogP contribution in [0.25, 0.3) is 0 Å². The van der Waals surface area contributed by atoms with E-state index in [0.29, 0.717) is 0 Å². The zero-order chi connectivity index (χ0) is 10.0. The van der Waals surface area contributed by atoms with Crippen LogP contribution in [-0.2, 0) is 0 Å². The van der Waals surface area contributed by atoms with E-state index >= 15 is 0 Å². The second kappa shape index (κ2) is 2.74. The highest BCUT2D eigenvalue weighted by Gasteiger charge is 2.66. The summed E-state index contributed by atoms with van der Waals surface area (Å²) >= 11 is 0. The molecule has 1 spiro atoms. The van der Waals surface area contributed by atoms with Crippen LogP contribution in [0.3, 0.4) is 0 Å². The molecular formula is C11H20N4. The fourth-order valence-electron chi connectivity index (χ4n) is 4.32. The molecule has 0 aromatic rings. The molecule has 0 amide bonds. The molecular weight excluding hydrogens is 188 g/mol. The van der Waals surface area contributed by atoms with Crippen molar-refractivity contribution in [2.75, 3.05) is 45.8 Å². The van der Waals surface area contributed by atoms with Gasteiger partial charge in [0.25, 0.3) is 0 Å². The van der Waals surface area contributed by atoms with Crippen molar-refractivity contribution in [1.29, 1.82) is 0 Å². The molecule has 0 radical (unpaired) electrons. The lowest BCUT2D eigenvalue weighted by atomic mass is 10.2. The average molecular weight is 208 g/mol. The second-order valence-corrected chi connectivity index (χ2v) is 5.28. The standard InChI is InChI=1S/C11H20N4/c1-2-10-9-14-6-5-12-3-4-13-7-8-15(10)11(12,13)14/h10H,2-9H2,1H3. The first kappa shape index (κ1) is 8.93. The van der Waals surface area contributed by atoms with Crippen LogP contribution < -0.4 is 0 Å². The lowest BCUT2D eigenvalue weighted by molar-refractivity contribution is -0.101. The highest BCUT2D eigenvalue weighted by molar-refractivity contribution is 5.11. The minimum Gasteiger partial charge on any atom is -0.257 e. The molecule has 4 heterocycles. The van der Waals surface area contributed by atoms with E-state index in [0.717, 1.165) is 6.04 Å². The molecule has 4 aliphatic heterocycles. The summed E-state index contributed by atoms with van der Waals surface area (Å²) < 4.78 is 0. The predicted octanol–water partition coefficient (Wildman–Crippen LogP) is -0.361. The Morgan fingerprint density at radius 2 is 1.53 bits per heavy atom. The lowest BCUT2D eigenvalue weighted by Crippen LogP contribution is -2.59. The summed E-state index contributed by atoms with van der Waals surface area (Å²) in [6.07, 6.45) is 1.31. The summed E-state index contributed by atoms with van der Waals surface area (Å²) in [5.74, 6) is 0.251. The Bertz CT molecular complexity index is 284. The molecule has 0 bridgehead atoms.